The van der Waals surface area contributed by atoms with Crippen LogP contribution >= 0.6 is 11.6 Å². The highest BCUT2D eigenvalue weighted by molar-refractivity contribution is 6.33. The number of halogens is 1. The first-order chi connectivity index (χ1) is 9.06. The van der Waals surface area contributed by atoms with Crippen LogP contribution in [0.25, 0.3) is 11.1 Å². The van der Waals surface area contributed by atoms with Crippen molar-refractivity contribution in [2.24, 2.45) is 0 Å². The monoisotopic (exact) mass is 271 g/mol. The predicted molar refractivity (Wildman–Crippen MR) is 78.7 cm³/mol. The Morgan fingerprint density at radius 3 is 2.68 bits per heavy atom. The molecule has 1 aliphatic heterocycles. The molecular weight excluding hydrogens is 258 g/mol. The van der Waals surface area contributed by atoms with Crippen LogP contribution in [0, 0.1) is 13.8 Å². The number of fused-ring (bicyclic) bond motifs is 1. The van der Waals surface area contributed by atoms with E-state index in [1.54, 1.807) is 0 Å². The van der Waals surface area contributed by atoms with Crippen molar-refractivity contribution in [2.75, 3.05) is 5.32 Å². The van der Waals surface area contributed by atoms with Gasteiger partial charge in [-0.25, -0.2) is 0 Å². The molecule has 0 saturated carbocycles. The van der Waals surface area contributed by atoms with Crippen molar-refractivity contribution in [1.29, 1.82) is 0 Å². The van der Waals surface area contributed by atoms with E-state index >= 15 is 0 Å². The molecule has 0 spiro atoms. The van der Waals surface area contributed by atoms with Crippen LogP contribution in [0.4, 0.5) is 5.69 Å². The minimum atomic E-state index is 0.0612. The summed E-state index contributed by atoms with van der Waals surface area (Å²) in [6.07, 6.45) is 0.452. The van der Waals surface area contributed by atoms with Crippen molar-refractivity contribution in [3.8, 4) is 11.1 Å². The maximum Gasteiger partial charge on any atom is 0.228 e. The number of rotatable bonds is 1. The van der Waals surface area contributed by atoms with Crippen LogP contribution < -0.4 is 5.32 Å². The number of hydrogen-bond donors (Lipinski definition) is 1. The standard InChI is InChI=1S/C16H14ClNO/c1-9-4-3-5-13(17)15(9)11-6-10(2)16-12(7-11)8-14(19)18-16/h3-7H,8H2,1-2H3,(H,18,19). The average Bonchev–Trinajstić information content (AvgIpc) is 2.70. The molecule has 96 valence electrons. The van der Waals surface area contributed by atoms with Crippen molar-refractivity contribution < 1.29 is 4.79 Å². The number of nitrogens with one attached hydrogen (secondary N) is 1. The summed E-state index contributed by atoms with van der Waals surface area (Å²) in [5.74, 6) is 0.0612. The summed E-state index contributed by atoms with van der Waals surface area (Å²) < 4.78 is 0. The normalized spacial score (nSPS) is 13.3. The molecule has 3 heteroatoms. The highest BCUT2D eigenvalue weighted by atomic mass is 35.5. The second-order valence-electron chi connectivity index (χ2n) is 4.98. The summed E-state index contributed by atoms with van der Waals surface area (Å²) >= 11 is 6.31. The van der Waals surface area contributed by atoms with Crippen molar-refractivity contribution in [2.45, 2.75) is 20.3 Å². The average molecular weight is 272 g/mol. The minimum Gasteiger partial charge on any atom is -0.325 e. The van der Waals surface area contributed by atoms with E-state index in [9.17, 15) is 4.79 Å². The minimum absolute atomic E-state index is 0.0612. The Morgan fingerprint density at radius 1 is 1.16 bits per heavy atom. The molecule has 1 aliphatic rings. The lowest BCUT2D eigenvalue weighted by Gasteiger charge is -2.12. The van der Waals surface area contributed by atoms with E-state index in [0.29, 0.717) is 6.42 Å². The molecule has 2 aromatic rings. The van der Waals surface area contributed by atoms with Gasteiger partial charge in [-0.1, -0.05) is 23.7 Å². The van der Waals surface area contributed by atoms with Crippen LogP contribution in [0.15, 0.2) is 30.3 Å². The SMILES string of the molecule is Cc1cc(-c2c(C)cccc2Cl)cc2c1NC(=O)C2. The predicted octanol–water partition coefficient (Wildman–Crippen LogP) is 4.12. The lowest BCUT2D eigenvalue weighted by Crippen LogP contribution is -2.04. The van der Waals surface area contributed by atoms with E-state index in [0.717, 1.165) is 38.5 Å². The third-order valence-electron chi connectivity index (χ3n) is 3.54. The zero-order valence-electron chi connectivity index (χ0n) is 10.9. The van der Waals surface area contributed by atoms with Gasteiger partial charge in [-0.05, 0) is 54.3 Å². The van der Waals surface area contributed by atoms with Crippen molar-refractivity contribution in [3.05, 3.63) is 52.0 Å². The largest absolute Gasteiger partial charge is 0.325 e. The molecule has 0 radical (unpaired) electrons. The maximum atomic E-state index is 11.5. The maximum absolute atomic E-state index is 11.5. The number of anilines is 1. The lowest BCUT2D eigenvalue weighted by molar-refractivity contribution is -0.115. The molecule has 19 heavy (non-hydrogen) atoms. The van der Waals surface area contributed by atoms with E-state index in [2.05, 4.69) is 17.4 Å². The van der Waals surface area contributed by atoms with Gasteiger partial charge in [0.1, 0.15) is 0 Å². The zero-order chi connectivity index (χ0) is 13.6. The highest BCUT2D eigenvalue weighted by Crippen LogP contribution is 2.36. The van der Waals surface area contributed by atoms with Gasteiger partial charge in [-0.2, -0.15) is 0 Å². The summed E-state index contributed by atoms with van der Waals surface area (Å²) in [4.78, 5) is 11.5. The summed E-state index contributed by atoms with van der Waals surface area (Å²) in [5, 5.41) is 3.65. The second kappa shape index (κ2) is 4.39. The van der Waals surface area contributed by atoms with Crippen LogP contribution in [-0.4, -0.2) is 5.91 Å². The lowest BCUT2D eigenvalue weighted by atomic mass is 9.95. The van der Waals surface area contributed by atoms with Crippen LogP contribution in [-0.2, 0) is 11.2 Å². The quantitative estimate of drug-likeness (QED) is 0.831. The fourth-order valence-corrected chi connectivity index (χ4v) is 3.01. The molecule has 2 aromatic carbocycles. The van der Waals surface area contributed by atoms with Crippen molar-refractivity contribution in [3.63, 3.8) is 0 Å². The van der Waals surface area contributed by atoms with Gasteiger partial charge in [0, 0.05) is 16.3 Å². The number of carbonyl (C=O) groups is 1. The summed E-state index contributed by atoms with van der Waals surface area (Å²) in [6.45, 7) is 4.06. The van der Waals surface area contributed by atoms with E-state index in [4.69, 9.17) is 11.6 Å². The molecule has 0 aliphatic carbocycles. The first-order valence-electron chi connectivity index (χ1n) is 6.25. The Labute approximate surface area is 117 Å². The molecule has 0 fully saturated rings. The fourth-order valence-electron chi connectivity index (χ4n) is 2.68. The van der Waals surface area contributed by atoms with Crippen LogP contribution in [0.3, 0.4) is 0 Å². The van der Waals surface area contributed by atoms with Crippen molar-refractivity contribution >= 4 is 23.2 Å². The summed E-state index contributed by atoms with van der Waals surface area (Å²) in [7, 11) is 0. The molecule has 0 aromatic heterocycles. The number of carbonyl (C=O) groups excluding carboxylic acids is 1. The number of aryl methyl sites for hydroxylation is 2. The van der Waals surface area contributed by atoms with Crippen molar-refractivity contribution in [1.82, 2.24) is 0 Å². The molecule has 2 nitrogen and oxygen atoms in total. The number of amides is 1. The molecule has 0 unspecified atom stereocenters. The second-order valence-corrected chi connectivity index (χ2v) is 5.39. The van der Waals surface area contributed by atoms with Gasteiger partial charge in [0.15, 0.2) is 0 Å². The number of hydrogen-bond acceptors (Lipinski definition) is 1. The Hall–Kier alpha value is -1.80. The Balaban J connectivity index is 2.21. The van der Waals surface area contributed by atoms with Gasteiger partial charge in [0.05, 0.1) is 6.42 Å². The van der Waals surface area contributed by atoms with Gasteiger partial charge < -0.3 is 5.32 Å². The van der Waals surface area contributed by atoms with Crippen LogP contribution in [0.2, 0.25) is 5.02 Å². The molecule has 1 N–H and O–H groups in total. The topological polar surface area (TPSA) is 29.1 Å². The van der Waals surface area contributed by atoms with Gasteiger partial charge in [0.2, 0.25) is 5.91 Å². The third-order valence-corrected chi connectivity index (χ3v) is 3.86. The van der Waals surface area contributed by atoms with E-state index in [-0.39, 0.29) is 5.91 Å². The van der Waals surface area contributed by atoms with Crippen LogP contribution in [0.1, 0.15) is 16.7 Å². The zero-order valence-corrected chi connectivity index (χ0v) is 11.6. The molecule has 3 rings (SSSR count). The Kier molecular flexibility index (Phi) is 2.83. The molecule has 0 atom stereocenters. The van der Waals surface area contributed by atoms with E-state index in [1.165, 1.54) is 0 Å². The third kappa shape index (κ3) is 2.02. The van der Waals surface area contributed by atoms with Gasteiger partial charge in [-0.3, -0.25) is 4.79 Å². The van der Waals surface area contributed by atoms with E-state index in [1.807, 2.05) is 32.0 Å². The smallest absolute Gasteiger partial charge is 0.228 e. The van der Waals surface area contributed by atoms with Gasteiger partial charge >= 0.3 is 0 Å². The first kappa shape index (κ1) is 12.2. The molecular formula is C16H14ClNO. The molecule has 1 heterocycles. The summed E-state index contributed by atoms with van der Waals surface area (Å²) in [6, 6.07) is 10.0. The molecule has 0 saturated heterocycles. The molecule has 0 bridgehead atoms. The fraction of sp³-hybridized carbons (Fsp3) is 0.188. The van der Waals surface area contributed by atoms with Crippen LogP contribution in [0.5, 0.6) is 0 Å². The highest BCUT2D eigenvalue weighted by Gasteiger charge is 2.21. The first-order valence-corrected chi connectivity index (χ1v) is 6.63. The number of benzene rings is 2. The molecule has 1 amide bonds. The Morgan fingerprint density at radius 2 is 1.95 bits per heavy atom. The van der Waals surface area contributed by atoms with Gasteiger partial charge in [0.25, 0.3) is 0 Å². The van der Waals surface area contributed by atoms with Gasteiger partial charge in [-0.15, -0.1) is 0 Å². The summed E-state index contributed by atoms with van der Waals surface area (Å²) in [5.41, 5.74) is 6.37. The Bertz CT molecular complexity index is 671. The van der Waals surface area contributed by atoms with E-state index < -0.39 is 0 Å².